The molecule has 0 saturated heterocycles. The smallest absolute Gasteiger partial charge is 0.345 e. The fourth-order valence-corrected chi connectivity index (χ4v) is 5.87. The van der Waals surface area contributed by atoms with Crippen molar-refractivity contribution in [3.8, 4) is 0 Å². The van der Waals surface area contributed by atoms with Crippen LogP contribution in [0, 0.1) is 0 Å². The SMILES string of the molecule is O=P(O)(O)CN(c1ccc2[nH]ccc2c1)S(=O)(=O)c1cc(Cl)cc(Cl)c1. The highest BCUT2D eigenvalue weighted by Crippen LogP contribution is 2.40. The molecule has 138 valence electrons. The summed E-state index contributed by atoms with van der Waals surface area (Å²) in [7, 11) is -9.02. The first-order valence-electron chi connectivity index (χ1n) is 7.17. The number of nitrogens with one attached hydrogen (secondary N) is 1. The van der Waals surface area contributed by atoms with Crippen LogP contribution in [0.15, 0.2) is 53.6 Å². The molecule has 0 amide bonds. The van der Waals surface area contributed by atoms with E-state index in [1.165, 1.54) is 30.3 Å². The highest BCUT2D eigenvalue weighted by atomic mass is 35.5. The van der Waals surface area contributed by atoms with Crippen molar-refractivity contribution < 1.29 is 22.8 Å². The molecule has 0 aliphatic rings. The standard InChI is InChI=1S/C15H13Cl2N2O5PS/c16-11-6-12(17)8-14(7-11)26(23,24)19(9-25(20,21)22)13-1-2-15-10(5-13)3-4-18-15/h1-8,18H,9H2,(H2,20,21,22). The van der Waals surface area contributed by atoms with E-state index < -0.39 is 23.9 Å². The van der Waals surface area contributed by atoms with Crippen LogP contribution in [0.5, 0.6) is 0 Å². The number of sulfonamides is 1. The van der Waals surface area contributed by atoms with Gasteiger partial charge in [0.05, 0.1) is 10.6 Å². The summed E-state index contributed by atoms with van der Waals surface area (Å²) >= 11 is 11.8. The van der Waals surface area contributed by atoms with Crippen molar-refractivity contribution in [3.05, 3.63) is 58.7 Å². The van der Waals surface area contributed by atoms with Crippen LogP contribution in [0.2, 0.25) is 10.0 Å². The molecule has 0 radical (unpaired) electrons. The number of benzene rings is 2. The van der Waals surface area contributed by atoms with Gasteiger partial charge in [-0.25, -0.2) is 8.42 Å². The van der Waals surface area contributed by atoms with Crippen molar-refractivity contribution in [2.75, 3.05) is 10.6 Å². The number of hydrogen-bond donors (Lipinski definition) is 3. The average Bonchev–Trinajstić information content (AvgIpc) is 2.98. The number of rotatable bonds is 5. The second kappa shape index (κ2) is 6.88. The third-order valence-electron chi connectivity index (χ3n) is 3.56. The van der Waals surface area contributed by atoms with Gasteiger partial charge in [0, 0.05) is 27.1 Å². The van der Waals surface area contributed by atoms with Gasteiger partial charge >= 0.3 is 7.60 Å². The van der Waals surface area contributed by atoms with Crippen LogP contribution in [0.3, 0.4) is 0 Å². The number of H-pyrrole nitrogens is 1. The molecule has 3 aromatic rings. The zero-order chi connectivity index (χ0) is 19.1. The molecule has 2 aromatic carbocycles. The molecule has 3 N–H and O–H groups in total. The monoisotopic (exact) mass is 434 g/mol. The van der Waals surface area contributed by atoms with Crippen LogP contribution >= 0.6 is 30.8 Å². The van der Waals surface area contributed by atoms with E-state index in [2.05, 4.69) is 4.98 Å². The lowest BCUT2D eigenvalue weighted by Gasteiger charge is -2.25. The van der Waals surface area contributed by atoms with E-state index in [9.17, 15) is 22.8 Å². The molecule has 11 heteroatoms. The molecule has 0 atom stereocenters. The van der Waals surface area contributed by atoms with Crippen LogP contribution < -0.4 is 4.31 Å². The fourth-order valence-electron chi connectivity index (χ4n) is 2.46. The molecule has 0 bridgehead atoms. The lowest BCUT2D eigenvalue weighted by Crippen LogP contribution is -2.32. The molecule has 7 nitrogen and oxygen atoms in total. The lowest BCUT2D eigenvalue weighted by molar-refractivity contribution is 0.373. The molecular weight excluding hydrogens is 422 g/mol. The topological polar surface area (TPSA) is 111 Å². The molecule has 0 aliphatic carbocycles. The first-order chi connectivity index (χ1) is 12.1. The highest BCUT2D eigenvalue weighted by Gasteiger charge is 2.31. The predicted molar refractivity (Wildman–Crippen MR) is 101 cm³/mol. The van der Waals surface area contributed by atoms with E-state index in [0.717, 1.165) is 5.52 Å². The Morgan fingerprint density at radius 1 is 1.04 bits per heavy atom. The third kappa shape index (κ3) is 4.06. The van der Waals surface area contributed by atoms with Gasteiger partial charge in [-0.15, -0.1) is 0 Å². The summed E-state index contributed by atoms with van der Waals surface area (Å²) in [4.78, 5) is 21.5. The van der Waals surface area contributed by atoms with E-state index in [4.69, 9.17) is 23.2 Å². The van der Waals surface area contributed by atoms with Crippen molar-refractivity contribution in [1.29, 1.82) is 0 Å². The summed E-state index contributed by atoms with van der Waals surface area (Å²) in [6, 6.07) is 10.0. The Labute approximate surface area is 159 Å². The molecule has 1 aromatic heterocycles. The van der Waals surface area contributed by atoms with Gasteiger partial charge in [-0.2, -0.15) is 0 Å². The van der Waals surface area contributed by atoms with Crippen LogP contribution in [0.25, 0.3) is 10.9 Å². The summed E-state index contributed by atoms with van der Waals surface area (Å²) in [6.45, 7) is 0. The Hall–Kier alpha value is -1.54. The van der Waals surface area contributed by atoms with Crippen molar-refractivity contribution >= 4 is 57.4 Å². The molecule has 1 heterocycles. The molecular formula is C15H13Cl2N2O5PS. The second-order valence-electron chi connectivity index (χ2n) is 5.51. The van der Waals surface area contributed by atoms with E-state index in [0.29, 0.717) is 9.69 Å². The Kier molecular flexibility index (Phi) is 5.09. The number of anilines is 1. The van der Waals surface area contributed by atoms with Gasteiger partial charge in [0.15, 0.2) is 0 Å². The zero-order valence-corrected chi connectivity index (χ0v) is 16.2. The van der Waals surface area contributed by atoms with Gasteiger partial charge in [0.2, 0.25) is 0 Å². The molecule has 3 rings (SSSR count). The molecule has 0 aliphatic heterocycles. The Morgan fingerprint density at radius 2 is 1.69 bits per heavy atom. The Balaban J connectivity index is 2.17. The van der Waals surface area contributed by atoms with Gasteiger partial charge < -0.3 is 14.8 Å². The number of aromatic amines is 1. The molecule has 0 saturated carbocycles. The molecule has 26 heavy (non-hydrogen) atoms. The maximum Gasteiger partial charge on any atom is 0.345 e. The van der Waals surface area contributed by atoms with Gasteiger partial charge in [-0.1, -0.05) is 23.2 Å². The molecule has 0 unspecified atom stereocenters. The van der Waals surface area contributed by atoms with Gasteiger partial charge in [-0.05, 0) is 42.5 Å². The summed E-state index contributed by atoms with van der Waals surface area (Å²) in [5, 5.41) is 0.874. The van der Waals surface area contributed by atoms with Crippen LogP contribution in [0.4, 0.5) is 5.69 Å². The maximum atomic E-state index is 13.0. The number of hydrogen-bond acceptors (Lipinski definition) is 3. The van der Waals surface area contributed by atoms with Crippen molar-refractivity contribution in [1.82, 2.24) is 4.98 Å². The third-order valence-corrected chi connectivity index (χ3v) is 6.59. The minimum absolute atomic E-state index is 0.0910. The van der Waals surface area contributed by atoms with Crippen LogP contribution in [0.1, 0.15) is 0 Å². The Bertz CT molecular complexity index is 1110. The van der Waals surface area contributed by atoms with Crippen molar-refractivity contribution in [2.45, 2.75) is 4.90 Å². The van der Waals surface area contributed by atoms with Crippen LogP contribution in [-0.4, -0.2) is 29.5 Å². The van der Waals surface area contributed by atoms with Crippen molar-refractivity contribution in [3.63, 3.8) is 0 Å². The zero-order valence-electron chi connectivity index (χ0n) is 13.0. The van der Waals surface area contributed by atoms with Gasteiger partial charge in [-0.3, -0.25) is 8.87 Å². The van der Waals surface area contributed by atoms with Crippen LogP contribution in [-0.2, 0) is 14.6 Å². The number of halogens is 2. The maximum absolute atomic E-state index is 13.0. The van der Waals surface area contributed by atoms with E-state index in [1.807, 2.05) is 0 Å². The Morgan fingerprint density at radius 3 is 2.31 bits per heavy atom. The number of fused-ring (bicyclic) bond motifs is 1. The predicted octanol–water partition coefficient (Wildman–Crippen LogP) is 3.81. The van der Waals surface area contributed by atoms with Crippen molar-refractivity contribution in [2.24, 2.45) is 0 Å². The number of aromatic nitrogens is 1. The second-order valence-corrected chi connectivity index (χ2v) is 9.86. The molecule has 0 spiro atoms. The van der Waals surface area contributed by atoms with E-state index in [1.54, 1.807) is 18.3 Å². The summed E-state index contributed by atoms with van der Waals surface area (Å²) in [5.41, 5.74) is 0.865. The van der Waals surface area contributed by atoms with Gasteiger partial charge in [0.25, 0.3) is 10.0 Å². The summed E-state index contributed by atoms with van der Waals surface area (Å²) in [5.74, 6) is 0. The fraction of sp³-hybridized carbons (Fsp3) is 0.0667. The van der Waals surface area contributed by atoms with E-state index >= 15 is 0 Å². The highest BCUT2D eigenvalue weighted by molar-refractivity contribution is 7.93. The minimum atomic E-state index is -4.70. The first kappa shape index (κ1) is 19.2. The first-order valence-corrected chi connectivity index (χ1v) is 11.2. The quantitative estimate of drug-likeness (QED) is 0.528. The van der Waals surface area contributed by atoms with Gasteiger partial charge in [0.1, 0.15) is 6.29 Å². The average molecular weight is 435 g/mol. The minimum Gasteiger partial charge on any atom is -0.361 e. The van der Waals surface area contributed by atoms with E-state index in [-0.39, 0.29) is 20.6 Å². The summed E-state index contributed by atoms with van der Waals surface area (Å²) < 4.78 is 38.3. The lowest BCUT2D eigenvalue weighted by atomic mass is 10.2. The number of nitrogens with zero attached hydrogens (tertiary/aromatic N) is 1. The summed E-state index contributed by atoms with van der Waals surface area (Å²) in [6.07, 6.45) is 0.655. The largest absolute Gasteiger partial charge is 0.361 e. The molecule has 0 fully saturated rings. The normalized spacial score (nSPS) is 12.5.